The molecule has 5 aromatic rings. The van der Waals surface area contributed by atoms with Gasteiger partial charge in [-0.05, 0) is 98.5 Å². The Morgan fingerprint density at radius 1 is 0.621 bits per heavy atom. The summed E-state index contributed by atoms with van der Waals surface area (Å²) in [6.07, 6.45) is 0. The van der Waals surface area contributed by atoms with Crippen molar-refractivity contribution in [2.75, 3.05) is 0 Å². The van der Waals surface area contributed by atoms with Gasteiger partial charge >= 0.3 is 0 Å². The zero-order valence-electron chi connectivity index (χ0n) is 18.3. The van der Waals surface area contributed by atoms with Gasteiger partial charge in [-0.15, -0.1) is 0 Å². The lowest BCUT2D eigenvalue weighted by Crippen LogP contribution is -2.11. The quantitative estimate of drug-likeness (QED) is 0.257. The van der Waals surface area contributed by atoms with Gasteiger partial charge < -0.3 is 0 Å². The molecule has 0 atom stereocenters. The third-order valence-electron chi connectivity index (χ3n) is 6.39. The Kier molecular flexibility index (Phi) is 3.80. The Balaban J connectivity index is 2.04. The summed E-state index contributed by atoms with van der Waals surface area (Å²) in [5.74, 6) is 0. The van der Waals surface area contributed by atoms with Crippen molar-refractivity contribution in [2.24, 2.45) is 0 Å². The molecule has 144 valence electrons. The average Bonchev–Trinajstić information content (AvgIpc) is 2.64. The Morgan fingerprint density at radius 3 is 1.93 bits per heavy atom. The summed E-state index contributed by atoms with van der Waals surface area (Å²) in [4.78, 5) is 0. The van der Waals surface area contributed by atoms with Gasteiger partial charge in [-0.3, -0.25) is 0 Å². The third-order valence-corrected chi connectivity index (χ3v) is 6.39. The van der Waals surface area contributed by atoms with Crippen molar-refractivity contribution >= 4 is 32.3 Å². The van der Waals surface area contributed by atoms with E-state index in [1.165, 1.54) is 65.7 Å². The van der Waals surface area contributed by atoms with E-state index >= 15 is 0 Å². The van der Waals surface area contributed by atoms with Crippen LogP contribution < -0.4 is 0 Å². The fourth-order valence-corrected chi connectivity index (χ4v) is 5.08. The van der Waals surface area contributed by atoms with Gasteiger partial charge in [0, 0.05) is 0 Å². The molecule has 0 fully saturated rings. The van der Waals surface area contributed by atoms with Gasteiger partial charge in [0.05, 0.1) is 0 Å². The fraction of sp³-hybridized carbons (Fsp3) is 0.241. The van der Waals surface area contributed by atoms with Crippen LogP contribution in [0.25, 0.3) is 43.4 Å². The maximum atomic E-state index is 2.45. The molecule has 29 heavy (non-hydrogen) atoms. The lowest BCUT2D eigenvalue weighted by Gasteiger charge is -2.23. The van der Waals surface area contributed by atoms with Gasteiger partial charge in [-0.25, -0.2) is 0 Å². The van der Waals surface area contributed by atoms with Crippen LogP contribution in [-0.2, 0) is 5.41 Å². The van der Waals surface area contributed by atoms with Crippen LogP contribution in [0.5, 0.6) is 0 Å². The van der Waals surface area contributed by atoms with Crippen LogP contribution in [-0.4, -0.2) is 0 Å². The first-order valence-corrected chi connectivity index (χ1v) is 10.5. The SMILES string of the molecule is Cc1cc(C)c(-c2cc3cccc4ccc5cc(C(C)(C)C)cc2c5c43)c(C)c1. The van der Waals surface area contributed by atoms with Crippen molar-refractivity contribution in [3.05, 3.63) is 82.9 Å². The van der Waals surface area contributed by atoms with Crippen molar-refractivity contribution in [1.82, 2.24) is 0 Å². The van der Waals surface area contributed by atoms with E-state index in [-0.39, 0.29) is 5.41 Å². The number of aryl methyl sites for hydroxylation is 3. The molecule has 0 heteroatoms. The van der Waals surface area contributed by atoms with Crippen molar-refractivity contribution in [1.29, 1.82) is 0 Å². The number of hydrogen-bond donors (Lipinski definition) is 0. The van der Waals surface area contributed by atoms with Crippen LogP contribution in [0.2, 0.25) is 0 Å². The largest absolute Gasteiger partial charge is 0.0610 e. The normalized spacial score (nSPS) is 12.5. The lowest BCUT2D eigenvalue weighted by molar-refractivity contribution is 0.592. The second-order valence-corrected chi connectivity index (χ2v) is 9.71. The first kappa shape index (κ1) is 18.2. The van der Waals surface area contributed by atoms with Crippen LogP contribution in [0.1, 0.15) is 43.0 Å². The van der Waals surface area contributed by atoms with E-state index in [0.29, 0.717) is 0 Å². The third kappa shape index (κ3) is 2.74. The summed E-state index contributed by atoms with van der Waals surface area (Å²) < 4.78 is 0. The van der Waals surface area contributed by atoms with Crippen molar-refractivity contribution < 1.29 is 0 Å². The summed E-state index contributed by atoms with van der Waals surface area (Å²) in [7, 11) is 0. The predicted octanol–water partition coefficient (Wildman–Crippen LogP) is 8.47. The van der Waals surface area contributed by atoms with Crippen LogP contribution in [0.15, 0.2) is 60.7 Å². The van der Waals surface area contributed by atoms with Crippen LogP contribution >= 0.6 is 0 Å². The Hall–Kier alpha value is -2.86. The highest BCUT2D eigenvalue weighted by Gasteiger charge is 2.20. The van der Waals surface area contributed by atoms with E-state index < -0.39 is 0 Å². The summed E-state index contributed by atoms with van der Waals surface area (Å²) in [6, 6.07) is 23.2. The zero-order chi connectivity index (χ0) is 20.5. The highest BCUT2D eigenvalue weighted by Crippen LogP contribution is 2.43. The molecule has 0 aliphatic rings. The standard InChI is InChI=1S/C29H28/c1-17-12-18(2)26(19(3)13-17)24-15-21-9-7-8-20-10-11-22-14-23(29(4,5)6)16-25(24)28(22)27(20)21/h7-16H,1-6H3. The lowest BCUT2D eigenvalue weighted by atomic mass is 9.80. The van der Waals surface area contributed by atoms with E-state index in [4.69, 9.17) is 0 Å². The number of hydrogen-bond acceptors (Lipinski definition) is 0. The van der Waals surface area contributed by atoms with E-state index in [1.54, 1.807) is 0 Å². The molecule has 0 spiro atoms. The first-order chi connectivity index (χ1) is 13.7. The molecule has 0 aromatic heterocycles. The predicted molar refractivity (Wildman–Crippen MR) is 128 cm³/mol. The minimum atomic E-state index is 0.110. The van der Waals surface area contributed by atoms with E-state index in [9.17, 15) is 0 Å². The monoisotopic (exact) mass is 376 g/mol. The molecule has 0 nitrogen and oxygen atoms in total. The average molecular weight is 377 g/mol. The summed E-state index contributed by atoms with van der Waals surface area (Å²) >= 11 is 0. The molecular weight excluding hydrogens is 348 g/mol. The minimum absolute atomic E-state index is 0.110. The van der Waals surface area contributed by atoms with Gasteiger partial charge in [-0.1, -0.05) is 74.9 Å². The molecular formula is C29H28. The molecule has 5 rings (SSSR count). The highest BCUT2D eigenvalue weighted by atomic mass is 14.2. The van der Waals surface area contributed by atoms with Crippen molar-refractivity contribution in [3.63, 3.8) is 0 Å². The molecule has 0 radical (unpaired) electrons. The molecule has 0 aliphatic heterocycles. The zero-order valence-corrected chi connectivity index (χ0v) is 18.3. The molecule has 0 heterocycles. The topological polar surface area (TPSA) is 0 Å². The van der Waals surface area contributed by atoms with E-state index in [1.807, 2.05) is 0 Å². The summed E-state index contributed by atoms with van der Waals surface area (Å²) in [5, 5.41) is 8.19. The molecule has 0 unspecified atom stereocenters. The van der Waals surface area contributed by atoms with Crippen LogP contribution in [0, 0.1) is 20.8 Å². The van der Waals surface area contributed by atoms with Gasteiger partial charge in [0.15, 0.2) is 0 Å². The maximum Gasteiger partial charge on any atom is -0.00204 e. The molecule has 0 saturated carbocycles. The van der Waals surface area contributed by atoms with Gasteiger partial charge in [0.25, 0.3) is 0 Å². The van der Waals surface area contributed by atoms with E-state index in [0.717, 1.165) is 0 Å². The smallest absolute Gasteiger partial charge is 0.00204 e. The second-order valence-electron chi connectivity index (χ2n) is 9.71. The van der Waals surface area contributed by atoms with Gasteiger partial charge in [-0.2, -0.15) is 0 Å². The highest BCUT2D eigenvalue weighted by molar-refractivity contribution is 6.26. The van der Waals surface area contributed by atoms with Crippen LogP contribution in [0.4, 0.5) is 0 Å². The molecule has 0 saturated heterocycles. The molecule has 0 amide bonds. The van der Waals surface area contributed by atoms with Gasteiger partial charge in [0.2, 0.25) is 0 Å². The Morgan fingerprint density at radius 2 is 1.24 bits per heavy atom. The fourth-order valence-electron chi connectivity index (χ4n) is 5.08. The Labute approximate surface area is 173 Å². The molecule has 0 aliphatic carbocycles. The van der Waals surface area contributed by atoms with Gasteiger partial charge in [0.1, 0.15) is 0 Å². The number of benzene rings is 5. The number of rotatable bonds is 1. The van der Waals surface area contributed by atoms with Crippen molar-refractivity contribution in [3.8, 4) is 11.1 Å². The van der Waals surface area contributed by atoms with Crippen LogP contribution in [0.3, 0.4) is 0 Å². The molecule has 0 bridgehead atoms. The Bertz CT molecular complexity index is 1370. The molecule has 5 aromatic carbocycles. The minimum Gasteiger partial charge on any atom is -0.0610 e. The van der Waals surface area contributed by atoms with E-state index in [2.05, 4.69) is 102 Å². The second kappa shape index (κ2) is 6.07. The maximum absolute atomic E-state index is 2.45. The molecule has 0 N–H and O–H groups in total. The summed E-state index contributed by atoms with van der Waals surface area (Å²) in [5.41, 5.74) is 8.29. The van der Waals surface area contributed by atoms with Crippen molar-refractivity contribution in [2.45, 2.75) is 47.0 Å². The summed E-state index contributed by atoms with van der Waals surface area (Å²) in [6.45, 7) is 13.6. The first-order valence-electron chi connectivity index (χ1n) is 10.5.